The summed E-state index contributed by atoms with van der Waals surface area (Å²) in [5, 5.41) is 0. The molecule has 7 heteroatoms. The molecule has 0 unspecified atom stereocenters. The number of aromatic nitrogens is 3. The predicted octanol–water partition coefficient (Wildman–Crippen LogP) is 2.96. The lowest BCUT2D eigenvalue weighted by Gasteiger charge is -2.35. The molecule has 1 aliphatic heterocycles. The van der Waals surface area contributed by atoms with Crippen LogP contribution in [-0.2, 0) is 6.42 Å². The van der Waals surface area contributed by atoms with Gasteiger partial charge in [-0.25, -0.2) is 9.97 Å². The Morgan fingerprint density at radius 1 is 1.07 bits per heavy atom. The number of carbonyl (C=O) groups is 1. The standard InChI is InChI=1S/C21H23N5O2/c1-3-17-14-19(24-20(23-17)16-6-8-22-9-7-16)25-10-12-26(13-11-25)21(27)18-5-4-15(2)28-18/h4-9,14H,3,10-13H2,1-2H3. The second kappa shape index (κ2) is 7.80. The molecule has 4 rings (SSSR count). The number of amides is 1. The maximum Gasteiger partial charge on any atom is 0.289 e. The predicted molar refractivity (Wildman–Crippen MR) is 106 cm³/mol. The van der Waals surface area contributed by atoms with Gasteiger partial charge in [0.1, 0.15) is 11.6 Å². The smallest absolute Gasteiger partial charge is 0.289 e. The summed E-state index contributed by atoms with van der Waals surface area (Å²) in [4.78, 5) is 30.1. The summed E-state index contributed by atoms with van der Waals surface area (Å²) in [6, 6.07) is 9.43. The molecule has 0 spiro atoms. The molecule has 3 aromatic heterocycles. The van der Waals surface area contributed by atoms with Crippen LogP contribution in [0.4, 0.5) is 5.82 Å². The highest BCUT2D eigenvalue weighted by Gasteiger charge is 2.25. The molecule has 0 saturated carbocycles. The zero-order valence-corrected chi connectivity index (χ0v) is 16.1. The van der Waals surface area contributed by atoms with Crippen molar-refractivity contribution < 1.29 is 9.21 Å². The van der Waals surface area contributed by atoms with Gasteiger partial charge in [0.2, 0.25) is 0 Å². The second-order valence-corrected chi connectivity index (χ2v) is 6.82. The van der Waals surface area contributed by atoms with Gasteiger partial charge in [-0.3, -0.25) is 9.78 Å². The summed E-state index contributed by atoms with van der Waals surface area (Å²) in [5.41, 5.74) is 1.95. The molecule has 1 amide bonds. The molecular formula is C21H23N5O2. The maximum absolute atomic E-state index is 12.6. The van der Waals surface area contributed by atoms with Gasteiger partial charge in [-0.05, 0) is 37.6 Å². The highest BCUT2D eigenvalue weighted by atomic mass is 16.3. The zero-order chi connectivity index (χ0) is 19.5. The highest BCUT2D eigenvalue weighted by molar-refractivity contribution is 5.91. The number of aryl methyl sites for hydroxylation is 2. The molecule has 3 aromatic rings. The molecule has 0 radical (unpaired) electrons. The fraction of sp³-hybridized carbons (Fsp3) is 0.333. The van der Waals surface area contributed by atoms with E-state index >= 15 is 0 Å². The molecule has 0 aromatic carbocycles. The van der Waals surface area contributed by atoms with E-state index in [9.17, 15) is 4.79 Å². The highest BCUT2D eigenvalue weighted by Crippen LogP contribution is 2.22. The molecule has 1 aliphatic rings. The Hall–Kier alpha value is -3.22. The van der Waals surface area contributed by atoms with E-state index < -0.39 is 0 Å². The molecule has 0 N–H and O–H groups in total. The number of hydrogen-bond donors (Lipinski definition) is 0. The molecule has 28 heavy (non-hydrogen) atoms. The SMILES string of the molecule is CCc1cc(N2CCN(C(=O)c3ccc(C)o3)CC2)nc(-c2ccncc2)n1. The van der Waals surface area contributed by atoms with E-state index in [2.05, 4.69) is 21.8 Å². The van der Waals surface area contributed by atoms with Crippen LogP contribution in [-0.4, -0.2) is 51.9 Å². The fourth-order valence-electron chi connectivity index (χ4n) is 3.30. The van der Waals surface area contributed by atoms with Crippen LogP contribution in [0.3, 0.4) is 0 Å². The minimum atomic E-state index is -0.0536. The molecule has 0 aliphatic carbocycles. The molecule has 144 valence electrons. The molecule has 7 nitrogen and oxygen atoms in total. The van der Waals surface area contributed by atoms with Crippen LogP contribution >= 0.6 is 0 Å². The van der Waals surface area contributed by atoms with E-state index in [1.807, 2.05) is 36.1 Å². The van der Waals surface area contributed by atoms with Gasteiger partial charge in [0, 0.05) is 55.9 Å². The molecular weight excluding hydrogens is 354 g/mol. The van der Waals surface area contributed by atoms with Crippen LogP contribution in [0.1, 0.15) is 28.9 Å². The van der Waals surface area contributed by atoms with Crippen molar-refractivity contribution in [3.05, 3.63) is 59.9 Å². The number of hydrogen-bond acceptors (Lipinski definition) is 6. The van der Waals surface area contributed by atoms with Gasteiger partial charge in [-0.2, -0.15) is 0 Å². The molecule has 4 heterocycles. The average molecular weight is 377 g/mol. The summed E-state index contributed by atoms with van der Waals surface area (Å²) in [6.07, 6.45) is 4.33. The Kier molecular flexibility index (Phi) is 5.06. The third-order valence-electron chi connectivity index (χ3n) is 4.91. The van der Waals surface area contributed by atoms with E-state index in [1.165, 1.54) is 0 Å². The van der Waals surface area contributed by atoms with Gasteiger partial charge in [0.15, 0.2) is 11.6 Å². The van der Waals surface area contributed by atoms with Gasteiger partial charge in [-0.1, -0.05) is 6.92 Å². The minimum absolute atomic E-state index is 0.0536. The first-order chi connectivity index (χ1) is 13.6. The number of rotatable bonds is 4. The lowest BCUT2D eigenvalue weighted by molar-refractivity contribution is 0.0713. The van der Waals surface area contributed by atoms with Gasteiger partial charge < -0.3 is 14.2 Å². The van der Waals surface area contributed by atoms with Crippen LogP contribution in [0.5, 0.6) is 0 Å². The second-order valence-electron chi connectivity index (χ2n) is 6.82. The van der Waals surface area contributed by atoms with Gasteiger partial charge in [0.05, 0.1) is 0 Å². The number of furan rings is 1. The van der Waals surface area contributed by atoms with Crippen molar-refractivity contribution in [2.75, 3.05) is 31.1 Å². The summed E-state index contributed by atoms with van der Waals surface area (Å²) in [7, 11) is 0. The van der Waals surface area contributed by atoms with Crippen molar-refractivity contribution in [1.82, 2.24) is 19.9 Å². The summed E-state index contributed by atoms with van der Waals surface area (Å²) in [5.74, 6) is 2.71. The molecule has 0 atom stereocenters. The number of piperazine rings is 1. The Labute approximate surface area is 164 Å². The van der Waals surface area contributed by atoms with Gasteiger partial charge >= 0.3 is 0 Å². The minimum Gasteiger partial charge on any atom is -0.456 e. The number of pyridine rings is 1. The van der Waals surface area contributed by atoms with Crippen LogP contribution in [0, 0.1) is 6.92 Å². The van der Waals surface area contributed by atoms with Crippen molar-refractivity contribution >= 4 is 11.7 Å². The Balaban J connectivity index is 1.50. The monoisotopic (exact) mass is 377 g/mol. The van der Waals surface area contributed by atoms with Crippen LogP contribution in [0.25, 0.3) is 11.4 Å². The third-order valence-corrected chi connectivity index (χ3v) is 4.91. The summed E-state index contributed by atoms with van der Waals surface area (Å²) in [6.45, 7) is 6.64. The van der Waals surface area contributed by atoms with Crippen molar-refractivity contribution in [3.8, 4) is 11.4 Å². The first-order valence-corrected chi connectivity index (χ1v) is 9.53. The lowest BCUT2D eigenvalue weighted by Crippen LogP contribution is -2.49. The number of carbonyl (C=O) groups excluding carboxylic acids is 1. The number of anilines is 1. The lowest BCUT2D eigenvalue weighted by atomic mass is 10.2. The third kappa shape index (κ3) is 3.74. The normalized spacial score (nSPS) is 14.4. The van der Waals surface area contributed by atoms with Gasteiger partial charge in [0.25, 0.3) is 5.91 Å². The topological polar surface area (TPSA) is 75.4 Å². The zero-order valence-electron chi connectivity index (χ0n) is 16.1. The van der Waals surface area contributed by atoms with E-state index in [0.29, 0.717) is 24.7 Å². The fourth-order valence-corrected chi connectivity index (χ4v) is 3.30. The van der Waals surface area contributed by atoms with Crippen LogP contribution in [0.2, 0.25) is 0 Å². The Morgan fingerprint density at radius 2 is 1.82 bits per heavy atom. The molecule has 1 saturated heterocycles. The summed E-state index contributed by atoms with van der Waals surface area (Å²) >= 11 is 0. The summed E-state index contributed by atoms with van der Waals surface area (Å²) < 4.78 is 5.47. The number of nitrogens with zero attached hydrogens (tertiary/aromatic N) is 5. The quantitative estimate of drug-likeness (QED) is 0.696. The van der Waals surface area contributed by atoms with E-state index in [1.54, 1.807) is 18.5 Å². The van der Waals surface area contributed by atoms with E-state index in [0.717, 1.165) is 42.3 Å². The van der Waals surface area contributed by atoms with Crippen LogP contribution < -0.4 is 4.90 Å². The van der Waals surface area contributed by atoms with Crippen LogP contribution in [0.15, 0.2) is 47.1 Å². The average Bonchev–Trinajstić information content (AvgIpc) is 3.20. The van der Waals surface area contributed by atoms with Crippen molar-refractivity contribution in [1.29, 1.82) is 0 Å². The first-order valence-electron chi connectivity index (χ1n) is 9.53. The van der Waals surface area contributed by atoms with Crippen molar-refractivity contribution in [3.63, 3.8) is 0 Å². The van der Waals surface area contributed by atoms with E-state index in [4.69, 9.17) is 9.40 Å². The Morgan fingerprint density at radius 3 is 2.46 bits per heavy atom. The largest absolute Gasteiger partial charge is 0.456 e. The maximum atomic E-state index is 12.6. The first kappa shape index (κ1) is 18.2. The molecule has 0 bridgehead atoms. The van der Waals surface area contributed by atoms with Gasteiger partial charge in [-0.15, -0.1) is 0 Å². The van der Waals surface area contributed by atoms with E-state index in [-0.39, 0.29) is 5.91 Å². The van der Waals surface area contributed by atoms with Crippen molar-refractivity contribution in [2.45, 2.75) is 20.3 Å². The molecule has 1 fully saturated rings. The van der Waals surface area contributed by atoms with Crippen molar-refractivity contribution in [2.24, 2.45) is 0 Å². The Bertz CT molecular complexity index is 962.